The first-order valence-corrected chi connectivity index (χ1v) is 10.5. The molecule has 0 heterocycles. The molecule has 0 radical (unpaired) electrons. The number of benzene rings is 2. The SMILES string of the molecule is COc1ccc(C(OC)C2CCCCCC(Cc3ccccc3OC)C2=O)cc1. The third-order valence-electron chi connectivity index (χ3n) is 6.06. The summed E-state index contributed by atoms with van der Waals surface area (Å²) in [7, 11) is 5.05. The first kappa shape index (κ1) is 21.4. The van der Waals surface area contributed by atoms with Gasteiger partial charge in [-0.05, 0) is 48.6 Å². The summed E-state index contributed by atoms with van der Waals surface area (Å²) in [5, 5.41) is 0. The molecule has 1 fully saturated rings. The summed E-state index contributed by atoms with van der Waals surface area (Å²) >= 11 is 0. The largest absolute Gasteiger partial charge is 0.497 e. The predicted octanol–water partition coefficient (Wildman–Crippen LogP) is 5.40. The number of hydrogen-bond donors (Lipinski definition) is 0. The number of ether oxygens (including phenoxy) is 3. The lowest BCUT2D eigenvalue weighted by Gasteiger charge is -2.31. The maximum atomic E-state index is 13.7. The lowest BCUT2D eigenvalue weighted by Crippen LogP contribution is -2.32. The Morgan fingerprint density at radius 3 is 2.31 bits per heavy atom. The highest BCUT2D eigenvalue weighted by molar-refractivity contribution is 5.84. The van der Waals surface area contributed by atoms with E-state index in [0.717, 1.165) is 61.2 Å². The van der Waals surface area contributed by atoms with Crippen LogP contribution in [0, 0.1) is 11.8 Å². The molecule has 3 unspecified atom stereocenters. The fourth-order valence-electron chi connectivity index (χ4n) is 4.49. The van der Waals surface area contributed by atoms with Crippen molar-refractivity contribution >= 4 is 5.78 Å². The average Bonchev–Trinajstić information content (AvgIpc) is 2.76. The molecule has 29 heavy (non-hydrogen) atoms. The Balaban J connectivity index is 1.84. The van der Waals surface area contributed by atoms with Gasteiger partial charge in [0.25, 0.3) is 0 Å². The average molecular weight is 397 g/mol. The molecule has 0 spiro atoms. The van der Waals surface area contributed by atoms with Crippen molar-refractivity contribution in [3.05, 3.63) is 59.7 Å². The highest BCUT2D eigenvalue weighted by atomic mass is 16.5. The van der Waals surface area contributed by atoms with E-state index in [2.05, 4.69) is 6.07 Å². The number of rotatable bonds is 7. The molecule has 2 aromatic carbocycles. The monoisotopic (exact) mass is 396 g/mol. The highest BCUT2D eigenvalue weighted by Crippen LogP contribution is 2.37. The number of hydrogen-bond acceptors (Lipinski definition) is 4. The summed E-state index contributed by atoms with van der Waals surface area (Å²) in [6, 6.07) is 15.9. The standard InChI is InChI=1S/C25H32O4/c1-27-21-15-13-18(14-16-21)25(29-3)22-11-6-4-5-10-20(24(22)26)17-19-9-7-8-12-23(19)28-2/h7-9,12-16,20,22,25H,4-6,10-11,17H2,1-3H3. The first-order chi connectivity index (χ1) is 14.2. The molecule has 4 heteroatoms. The summed E-state index contributed by atoms with van der Waals surface area (Å²) in [4.78, 5) is 13.7. The normalized spacial score (nSPS) is 21.1. The lowest BCUT2D eigenvalue weighted by atomic mass is 9.76. The third-order valence-corrected chi connectivity index (χ3v) is 6.06. The zero-order valence-corrected chi connectivity index (χ0v) is 17.7. The second-order valence-corrected chi connectivity index (χ2v) is 7.79. The van der Waals surface area contributed by atoms with Gasteiger partial charge < -0.3 is 14.2 Å². The van der Waals surface area contributed by atoms with Crippen molar-refractivity contribution in [2.24, 2.45) is 11.8 Å². The van der Waals surface area contributed by atoms with Crippen molar-refractivity contribution in [3.63, 3.8) is 0 Å². The Kier molecular flexibility index (Phi) is 7.70. The molecule has 3 rings (SSSR count). The van der Waals surface area contributed by atoms with Gasteiger partial charge in [-0.1, -0.05) is 49.6 Å². The molecule has 0 bridgehead atoms. The van der Waals surface area contributed by atoms with E-state index in [1.54, 1.807) is 21.3 Å². The van der Waals surface area contributed by atoms with Crippen LogP contribution in [-0.2, 0) is 16.0 Å². The van der Waals surface area contributed by atoms with Crippen LogP contribution in [0.3, 0.4) is 0 Å². The zero-order valence-electron chi connectivity index (χ0n) is 17.7. The summed E-state index contributed by atoms with van der Waals surface area (Å²) in [6.07, 6.45) is 5.60. The van der Waals surface area contributed by atoms with Gasteiger partial charge in [0.05, 0.1) is 20.3 Å². The van der Waals surface area contributed by atoms with Crippen LogP contribution in [0.1, 0.15) is 49.3 Å². The molecule has 2 aromatic rings. The van der Waals surface area contributed by atoms with Gasteiger partial charge in [-0.3, -0.25) is 4.79 Å². The Hall–Kier alpha value is -2.33. The number of methoxy groups -OCH3 is 3. The van der Waals surface area contributed by atoms with Gasteiger partial charge in [0.2, 0.25) is 0 Å². The van der Waals surface area contributed by atoms with E-state index < -0.39 is 0 Å². The van der Waals surface area contributed by atoms with Gasteiger partial charge in [-0.25, -0.2) is 0 Å². The summed E-state index contributed by atoms with van der Waals surface area (Å²) in [6.45, 7) is 0. The van der Waals surface area contributed by atoms with E-state index in [1.165, 1.54) is 0 Å². The van der Waals surface area contributed by atoms with E-state index in [-0.39, 0.29) is 17.9 Å². The predicted molar refractivity (Wildman–Crippen MR) is 115 cm³/mol. The maximum Gasteiger partial charge on any atom is 0.142 e. The number of carbonyl (C=O) groups is 1. The molecule has 0 aliphatic heterocycles. The van der Waals surface area contributed by atoms with E-state index in [0.29, 0.717) is 5.78 Å². The molecule has 0 N–H and O–H groups in total. The van der Waals surface area contributed by atoms with Gasteiger partial charge >= 0.3 is 0 Å². The second kappa shape index (κ2) is 10.4. The summed E-state index contributed by atoms with van der Waals surface area (Å²) < 4.78 is 16.7. The Morgan fingerprint density at radius 1 is 0.897 bits per heavy atom. The van der Waals surface area contributed by atoms with Crippen molar-refractivity contribution < 1.29 is 19.0 Å². The molecular weight excluding hydrogens is 364 g/mol. The lowest BCUT2D eigenvalue weighted by molar-refractivity contribution is -0.132. The molecule has 0 amide bonds. The van der Waals surface area contributed by atoms with Crippen LogP contribution in [0.5, 0.6) is 11.5 Å². The number of Topliss-reactive ketones (excluding diaryl/α,β-unsaturated/α-hetero) is 1. The van der Waals surface area contributed by atoms with Crippen molar-refractivity contribution in [1.29, 1.82) is 0 Å². The molecule has 1 aliphatic rings. The Morgan fingerprint density at radius 2 is 1.62 bits per heavy atom. The molecule has 156 valence electrons. The topological polar surface area (TPSA) is 44.8 Å². The van der Waals surface area contributed by atoms with Crippen LogP contribution < -0.4 is 9.47 Å². The van der Waals surface area contributed by atoms with Crippen LogP contribution in [0.4, 0.5) is 0 Å². The minimum absolute atomic E-state index is 0.00695. The maximum absolute atomic E-state index is 13.7. The molecule has 3 atom stereocenters. The molecule has 0 saturated heterocycles. The van der Waals surface area contributed by atoms with Crippen molar-refractivity contribution in [1.82, 2.24) is 0 Å². The van der Waals surface area contributed by atoms with Crippen molar-refractivity contribution in [2.45, 2.75) is 44.6 Å². The van der Waals surface area contributed by atoms with Crippen LogP contribution in [0.2, 0.25) is 0 Å². The minimum Gasteiger partial charge on any atom is -0.497 e. The van der Waals surface area contributed by atoms with Crippen LogP contribution in [0.25, 0.3) is 0 Å². The van der Waals surface area contributed by atoms with Gasteiger partial charge in [0, 0.05) is 18.9 Å². The zero-order chi connectivity index (χ0) is 20.6. The van der Waals surface area contributed by atoms with Gasteiger partial charge in [0.1, 0.15) is 17.3 Å². The summed E-state index contributed by atoms with van der Waals surface area (Å²) in [5.74, 6) is 1.85. The van der Waals surface area contributed by atoms with Crippen LogP contribution in [0.15, 0.2) is 48.5 Å². The van der Waals surface area contributed by atoms with Crippen LogP contribution >= 0.6 is 0 Å². The second-order valence-electron chi connectivity index (χ2n) is 7.79. The molecule has 4 nitrogen and oxygen atoms in total. The van der Waals surface area contributed by atoms with E-state index in [9.17, 15) is 4.79 Å². The Bertz CT molecular complexity index is 784. The first-order valence-electron chi connectivity index (χ1n) is 10.5. The number of para-hydroxylation sites is 1. The molecular formula is C25H32O4. The van der Waals surface area contributed by atoms with Crippen molar-refractivity contribution in [3.8, 4) is 11.5 Å². The number of carbonyl (C=O) groups excluding carboxylic acids is 1. The quantitative estimate of drug-likeness (QED) is 0.629. The Labute approximate surface area is 174 Å². The van der Waals surface area contributed by atoms with Gasteiger partial charge in [-0.15, -0.1) is 0 Å². The van der Waals surface area contributed by atoms with E-state index in [1.807, 2.05) is 42.5 Å². The number of ketones is 1. The fourth-order valence-corrected chi connectivity index (χ4v) is 4.49. The van der Waals surface area contributed by atoms with Gasteiger partial charge in [-0.2, -0.15) is 0 Å². The smallest absolute Gasteiger partial charge is 0.142 e. The minimum atomic E-state index is -0.230. The summed E-state index contributed by atoms with van der Waals surface area (Å²) in [5.41, 5.74) is 2.13. The highest BCUT2D eigenvalue weighted by Gasteiger charge is 2.35. The third kappa shape index (κ3) is 5.18. The van der Waals surface area contributed by atoms with E-state index >= 15 is 0 Å². The van der Waals surface area contributed by atoms with Gasteiger partial charge in [0.15, 0.2) is 0 Å². The van der Waals surface area contributed by atoms with E-state index in [4.69, 9.17) is 14.2 Å². The fraction of sp³-hybridized carbons (Fsp3) is 0.480. The molecule has 0 aromatic heterocycles. The molecule has 1 aliphatic carbocycles. The molecule has 1 saturated carbocycles. The van der Waals surface area contributed by atoms with Crippen LogP contribution in [-0.4, -0.2) is 27.1 Å². The van der Waals surface area contributed by atoms with Crippen molar-refractivity contribution in [2.75, 3.05) is 21.3 Å².